The highest BCUT2D eigenvalue weighted by Crippen LogP contribution is 2.29. The lowest BCUT2D eigenvalue weighted by molar-refractivity contribution is 0.112. The third-order valence-electron chi connectivity index (χ3n) is 2.46. The lowest BCUT2D eigenvalue weighted by Gasteiger charge is -2.09. The van der Waals surface area contributed by atoms with Crippen LogP contribution in [-0.2, 0) is 6.61 Å². The number of rotatable bonds is 4. The van der Waals surface area contributed by atoms with Crippen molar-refractivity contribution >= 4 is 17.9 Å². The maximum absolute atomic E-state index is 10.7. The Labute approximate surface area is 123 Å². The van der Waals surface area contributed by atoms with Crippen LogP contribution in [0.4, 0.5) is 0 Å². The highest BCUT2D eigenvalue weighted by molar-refractivity contribution is 6.30. The van der Waals surface area contributed by atoms with Gasteiger partial charge in [-0.1, -0.05) is 43.6 Å². The van der Waals surface area contributed by atoms with E-state index in [2.05, 4.69) is 0 Å². The first-order valence-corrected chi connectivity index (χ1v) is 6.73. The fourth-order valence-corrected chi connectivity index (χ4v) is 1.62. The van der Waals surface area contributed by atoms with Gasteiger partial charge in [0.1, 0.15) is 6.61 Å². The molecule has 1 N–H and O–H groups in total. The van der Waals surface area contributed by atoms with Crippen LogP contribution in [0.1, 0.15) is 29.8 Å². The average Bonchev–Trinajstić information content (AvgIpc) is 2.50. The molecule has 0 unspecified atom stereocenters. The Bertz CT molecular complexity index is 550. The number of hydrogen-bond acceptors (Lipinski definition) is 3. The zero-order valence-corrected chi connectivity index (χ0v) is 12.2. The maximum Gasteiger partial charge on any atom is 0.168 e. The van der Waals surface area contributed by atoms with Gasteiger partial charge in [0.05, 0.1) is 5.56 Å². The molecule has 3 nitrogen and oxygen atoms in total. The minimum Gasteiger partial charge on any atom is -0.504 e. The summed E-state index contributed by atoms with van der Waals surface area (Å²) in [5, 5.41) is 10.4. The summed E-state index contributed by atoms with van der Waals surface area (Å²) in [6.07, 6.45) is 0.588. The summed E-state index contributed by atoms with van der Waals surface area (Å²) in [6, 6.07) is 12.0. The molecule has 0 radical (unpaired) electrons. The molecule has 0 aliphatic heterocycles. The van der Waals surface area contributed by atoms with Gasteiger partial charge >= 0.3 is 0 Å². The van der Waals surface area contributed by atoms with Crippen LogP contribution in [0.25, 0.3) is 0 Å². The molecule has 0 aromatic heterocycles. The standard InChI is InChI=1S/C14H11ClO3.C2H6/c15-12-6-4-10(5-7-12)9-18-13-3-1-2-11(8-16)14(13)17;1-2/h1-8,17H,9H2;1-2H3. The summed E-state index contributed by atoms with van der Waals surface area (Å²) >= 11 is 5.77. The van der Waals surface area contributed by atoms with Crippen LogP contribution in [0.5, 0.6) is 11.5 Å². The molecule has 0 saturated carbocycles. The number of benzene rings is 2. The molecule has 0 spiro atoms. The molecule has 0 aliphatic carbocycles. The fourth-order valence-electron chi connectivity index (χ4n) is 1.49. The van der Waals surface area contributed by atoms with E-state index in [0.717, 1.165) is 5.56 Å². The van der Waals surface area contributed by atoms with E-state index in [1.54, 1.807) is 24.3 Å². The first-order chi connectivity index (χ1) is 9.70. The van der Waals surface area contributed by atoms with Crippen LogP contribution in [0.2, 0.25) is 5.02 Å². The van der Waals surface area contributed by atoms with Crippen molar-refractivity contribution in [2.24, 2.45) is 0 Å². The first-order valence-electron chi connectivity index (χ1n) is 6.35. The van der Waals surface area contributed by atoms with Crippen molar-refractivity contribution < 1.29 is 14.6 Å². The molecule has 4 heteroatoms. The molecule has 0 aliphatic rings. The Morgan fingerprint density at radius 1 is 1.15 bits per heavy atom. The van der Waals surface area contributed by atoms with Gasteiger partial charge in [-0.15, -0.1) is 0 Å². The van der Waals surface area contributed by atoms with Crippen LogP contribution in [0, 0.1) is 0 Å². The van der Waals surface area contributed by atoms with E-state index in [0.29, 0.717) is 17.9 Å². The molecule has 0 fully saturated rings. The third kappa shape index (κ3) is 4.28. The minimum absolute atomic E-state index is 0.138. The molecule has 0 amide bonds. The van der Waals surface area contributed by atoms with Crippen molar-refractivity contribution in [2.45, 2.75) is 20.5 Å². The molecular formula is C16H17ClO3. The third-order valence-corrected chi connectivity index (χ3v) is 2.72. The average molecular weight is 293 g/mol. The molecular weight excluding hydrogens is 276 g/mol. The number of carbonyl (C=O) groups is 1. The van der Waals surface area contributed by atoms with E-state index in [4.69, 9.17) is 16.3 Å². The van der Waals surface area contributed by atoms with E-state index in [9.17, 15) is 9.90 Å². The summed E-state index contributed by atoms with van der Waals surface area (Å²) in [5.41, 5.74) is 1.14. The molecule has 0 bridgehead atoms. The van der Waals surface area contributed by atoms with E-state index in [1.807, 2.05) is 26.0 Å². The summed E-state index contributed by atoms with van der Waals surface area (Å²) in [7, 11) is 0. The highest BCUT2D eigenvalue weighted by Gasteiger charge is 2.07. The lowest BCUT2D eigenvalue weighted by Crippen LogP contribution is -1.96. The van der Waals surface area contributed by atoms with Gasteiger partial charge in [-0.3, -0.25) is 4.79 Å². The number of carbonyl (C=O) groups excluding carboxylic acids is 1. The Balaban J connectivity index is 0.000000956. The lowest BCUT2D eigenvalue weighted by atomic mass is 10.2. The topological polar surface area (TPSA) is 46.5 Å². The summed E-state index contributed by atoms with van der Waals surface area (Å²) in [5.74, 6) is 0.149. The van der Waals surface area contributed by atoms with Crippen molar-refractivity contribution in [3.8, 4) is 11.5 Å². The van der Waals surface area contributed by atoms with E-state index < -0.39 is 0 Å². The van der Waals surface area contributed by atoms with Gasteiger partial charge in [-0.2, -0.15) is 0 Å². The Kier molecular flexibility index (Phi) is 6.60. The van der Waals surface area contributed by atoms with Crippen molar-refractivity contribution in [3.05, 3.63) is 58.6 Å². The Morgan fingerprint density at radius 2 is 1.80 bits per heavy atom. The van der Waals surface area contributed by atoms with Crippen LogP contribution in [0.3, 0.4) is 0 Å². The number of phenolic OH excluding ortho intramolecular Hbond substituents is 1. The van der Waals surface area contributed by atoms with Crippen molar-refractivity contribution in [2.75, 3.05) is 0 Å². The quantitative estimate of drug-likeness (QED) is 0.846. The van der Waals surface area contributed by atoms with Gasteiger partial charge in [0.2, 0.25) is 0 Å². The van der Waals surface area contributed by atoms with Crippen molar-refractivity contribution in [1.29, 1.82) is 0 Å². The van der Waals surface area contributed by atoms with Gasteiger partial charge in [-0.25, -0.2) is 0 Å². The first kappa shape index (κ1) is 16.1. The number of halogens is 1. The van der Waals surface area contributed by atoms with Gasteiger partial charge < -0.3 is 9.84 Å². The minimum atomic E-state index is -0.138. The second-order valence-corrected chi connectivity index (χ2v) is 4.16. The van der Waals surface area contributed by atoms with Crippen LogP contribution < -0.4 is 4.74 Å². The molecule has 0 atom stereocenters. The second-order valence-electron chi connectivity index (χ2n) is 3.73. The largest absolute Gasteiger partial charge is 0.504 e. The smallest absolute Gasteiger partial charge is 0.168 e. The van der Waals surface area contributed by atoms with Crippen molar-refractivity contribution in [1.82, 2.24) is 0 Å². The maximum atomic E-state index is 10.7. The van der Waals surface area contributed by atoms with Gasteiger partial charge in [0.25, 0.3) is 0 Å². The van der Waals surface area contributed by atoms with Gasteiger partial charge in [-0.05, 0) is 29.8 Å². The summed E-state index contributed by atoms with van der Waals surface area (Å²) in [6.45, 7) is 4.30. The zero-order chi connectivity index (χ0) is 15.0. The molecule has 2 rings (SSSR count). The van der Waals surface area contributed by atoms with Crippen molar-refractivity contribution in [3.63, 3.8) is 0 Å². The predicted molar refractivity (Wildman–Crippen MR) is 80.6 cm³/mol. The van der Waals surface area contributed by atoms with E-state index in [1.165, 1.54) is 6.07 Å². The molecule has 106 valence electrons. The second kappa shape index (κ2) is 8.23. The normalized spacial score (nSPS) is 9.35. The van der Waals surface area contributed by atoms with Crippen LogP contribution in [0.15, 0.2) is 42.5 Å². The van der Waals surface area contributed by atoms with E-state index in [-0.39, 0.29) is 17.1 Å². The zero-order valence-electron chi connectivity index (χ0n) is 11.5. The molecule has 20 heavy (non-hydrogen) atoms. The van der Waals surface area contributed by atoms with Gasteiger partial charge in [0.15, 0.2) is 17.8 Å². The van der Waals surface area contributed by atoms with Gasteiger partial charge in [0, 0.05) is 5.02 Å². The summed E-state index contributed by atoms with van der Waals surface area (Å²) < 4.78 is 5.45. The van der Waals surface area contributed by atoms with Crippen LogP contribution >= 0.6 is 11.6 Å². The molecule has 2 aromatic rings. The number of ether oxygens (including phenoxy) is 1. The number of aldehydes is 1. The fraction of sp³-hybridized carbons (Fsp3) is 0.188. The molecule has 0 heterocycles. The predicted octanol–water partition coefficient (Wildman–Crippen LogP) is 4.46. The Hall–Kier alpha value is -2.00. The highest BCUT2D eigenvalue weighted by atomic mass is 35.5. The monoisotopic (exact) mass is 292 g/mol. The number of aromatic hydroxyl groups is 1. The molecule has 2 aromatic carbocycles. The Morgan fingerprint density at radius 3 is 2.40 bits per heavy atom. The number of phenols is 1. The SMILES string of the molecule is CC.O=Cc1cccc(OCc2ccc(Cl)cc2)c1O. The van der Waals surface area contributed by atoms with Crippen LogP contribution in [-0.4, -0.2) is 11.4 Å². The number of para-hydroxylation sites is 1. The number of hydrogen-bond donors (Lipinski definition) is 1. The molecule has 0 saturated heterocycles. The van der Waals surface area contributed by atoms with E-state index >= 15 is 0 Å². The summed E-state index contributed by atoms with van der Waals surface area (Å²) in [4.78, 5) is 10.7.